The van der Waals surface area contributed by atoms with Gasteiger partial charge in [-0.2, -0.15) is 0 Å². The number of imidazole rings is 1. The average Bonchev–Trinajstić information content (AvgIpc) is 3.71. The molecule has 8 nitrogen and oxygen atoms in total. The second-order valence-corrected chi connectivity index (χ2v) is 9.72. The van der Waals surface area contributed by atoms with E-state index in [9.17, 15) is 14.7 Å². The summed E-state index contributed by atoms with van der Waals surface area (Å²) in [6, 6.07) is 26.9. The quantitative estimate of drug-likeness (QED) is 0.255. The van der Waals surface area contributed by atoms with E-state index in [2.05, 4.69) is 15.3 Å². The van der Waals surface area contributed by atoms with Crippen LogP contribution in [0.5, 0.6) is 0 Å². The highest BCUT2D eigenvalue weighted by molar-refractivity contribution is 5.90. The number of nitrogens with zero attached hydrogens (tertiary/aromatic N) is 3. The molecule has 8 heteroatoms. The Labute approximate surface area is 224 Å². The van der Waals surface area contributed by atoms with Crippen molar-refractivity contribution in [3.8, 4) is 22.4 Å². The highest BCUT2D eigenvalue weighted by atomic mass is 16.6. The van der Waals surface area contributed by atoms with E-state index in [0.29, 0.717) is 30.1 Å². The van der Waals surface area contributed by atoms with Crippen molar-refractivity contribution in [3.63, 3.8) is 0 Å². The third kappa shape index (κ3) is 4.61. The van der Waals surface area contributed by atoms with Crippen LogP contribution in [0, 0.1) is 0 Å². The number of carboxylic acid groups (broad SMARTS) is 1. The molecule has 2 aromatic heterocycles. The predicted molar refractivity (Wildman–Crippen MR) is 147 cm³/mol. The first-order valence-electron chi connectivity index (χ1n) is 12.7. The number of rotatable bonds is 7. The molecule has 2 heterocycles. The Morgan fingerprint density at radius 2 is 1.56 bits per heavy atom. The van der Waals surface area contributed by atoms with Crippen molar-refractivity contribution in [2.75, 3.05) is 5.32 Å². The normalized spacial score (nSPS) is 14.5. The molecule has 0 spiro atoms. The topological polar surface area (TPSA) is 106 Å². The molecule has 5 aromatic rings. The number of carbonyl (C=O) groups excluding carboxylic acids is 1. The number of benzene rings is 3. The van der Waals surface area contributed by atoms with Gasteiger partial charge in [0.15, 0.2) is 0 Å². The van der Waals surface area contributed by atoms with Gasteiger partial charge in [-0.1, -0.05) is 78.9 Å². The summed E-state index contributed by atoms with van der Waals surface area (Å²) >= 11 is 0. The summed E-state index contributed by atoms with van der Waals surface area (Å²) in [4.78, 5) is 33.5. The number of amides is 1. The first-order valence-corrected chi connectivity index (χ1v) is 12.7. The molecule has 194 valence electrons. The van der Waals surface area contributed by atoms with E-state index in [0.717, 1.165) is 27.8 Å². The van der Waals surface area contributed by atoms with Crippen LogP contribution in [-0.2, 0) is 14.9 Å². The second kappa shape index (κ2) is 9.72. The highest BCUT2D eigenvalue weighted by Crippen LogP contribution is 2.48. The fourth-order valence-electron chi connectivity index (χ4n) is 4.84. The molecule has 1 aliphatic rings. The molecule has 2 N–H and O–H groups in total. The molecule has 1 atom stereocenters. The minimum Gasteiger partial charge on any atom is -0.481 e. The first-order chi connectivity index (χ1) is 18.9. The lowest BCUT2D eigenvalue weighted by Crippen LogP contribution is -2.19. The van der Waals surface area contributed by atoms with Crippen LogP contribution >= 0.6 is 0 Å². The van der Waals surface area contributed by atoms with E-state index in [1.807, 2.05) is 85.8 Å². The maximum atomic E-state index is 12.9. The summed E-state index contributed by atoms with van der Waals surface area (Å²) in [5.74, 6) is 0.152. The number of ether oxygens (including phenoxy) is 1. The third-order valence-corrected chi connectivity index (χ3v) is 7.27. The van der Waals surface area contributed by atoms with Crippen molar-refractivity contribution in [1.29, 1.82) is 0 Å². The number of fused-ring (bicyclic) bond motifs is 1. The summed E-state index contributed by atoms with van der Waals surface area (Å²) in [5, 5.41) is 12.4. The molecule has 6 rings (SSSR count). The molecule has 1 saturated carbocycles. The van der Waals surface area contributed by atoms with Gasteiger partial charge in [0.05, 0.1) is 5.41 Å². The van der Waals surface area contributed by atoms with Gasteiger partial charge in [0.2, 0.25) is 5.78 Å². The van der Waals surface area contributed by atoms with E-state index < -0.39 is 23.6 Å². The van der Waals surface area contributed by atoms with Gasteiger partial charge < -0.3 is 9.84 Å². The molecule has 0 radical (unpaired) electrons. The lowest BCUT2D eigenvalue weighted by molar-refractivity contribution is -0.140. The van der Waals surface area contributed by atoms with Crippen molar-refractivity contribution in [1.82, 2.24) is 14.4 Å². The number of aliphatic carboxylic acids is 1. The van der Waals surface area contributed by atoms with Crippen LogP contribution in [-0.4, -0.2) is 31.5 Å². The van der Waals surface area contributed by atoms with Gasteiger partial charge in [-0.15, -0.1) is 0 Å². The van der Waals surface area contributed by atoms with Gasteiger partial charge in [0.1, 0.15) is 17.6 Å². The molecule has 1 aliphatic carbocycles. The zero-order valence-electron chi connectivity index (χ0n) is 21.2. The molecule has 3 aromatic carbocycles. The van der Waals surface area contributed by atoms with Gasteiger partial charge in [-0.05, 0) is 48.1 Å². The van der Waals surface area contributed by atoms with Crippen LogP contribution in [0.1, 0.15) is 37.0 Å². The monoisotopic (exact) mass is 518 g/mol. The standard InChI is InChI=1S/C31H26N4O4/c1-20(21-6-3-2-4-7-21)39-30(38)34-27-26(33-29-32-18-5-19-35(27)29)24-10-8-22(9-11-24)23-12-14-25(15-13-23)31(16-17-31)28(36)37/h2-15,18-20H,16-17H2,1H3,(H,34,38)(H,36,37). The van der Waals surface area contributed by atoms with E-state index in [1.54, 1.807) is 22.9 Å². The predicted octanol–water partition coefficient (Wildman–Crippen LogP) is 6.49. The Morgan fingerprint density at radius 3 is 2.21 bits per heavy atom. The Kier molecular flexibility index (Phi) is 6.07. The third-order valence-electron chi connectivity index (χ3n) is 7.27. The Hall–Kier alpha value is -4.98. The summed E-state index contributed by atoms with van der Waals surface area (Å²) in [5.41, 5.74) is 4.36. The van der Waals surface area contributed by atoms with Crippen LogP contribution in [0.4, 0.5) is 10.6 Å². The molecule has 1 unspecified atom stereocenters. The van der Waals surface area contributed by atoms with Crippen LogP contribution in [0.25, 0.3) is 28.2 Å². The minimum atomic E-state index is -0.760. The van der Waals surface area contributed by atoms with Crippen molar-refractivity contribution < 1.29 is 19.4 Å². The minimum absolute atomic E-state index is 0.428. The zero-order chi connectivity index (χ0) is 27.0. The van der Waals surface area contributed by atoms with Gasteiger partial charge >= 0.3 is 12.1 Å². The fraction of sp³-hybridized carbons (Fsp3) is 0.161. The van der Waals surface area contributed by atoms with Gasteiger partial charge in [0, 0.05) is 18.0 Å². The fourth-order valence-corrected chi connectivity index (χ4v) is 4.84. The van der Waals surface area contributed by atoms with Gasteiger partial charge in [-0.3, -0.25) is 14.5 Å². The Bertz CT molecular complexity index is 1660. The SMILES string of the molecule is CC(OC(=O)Nc1c(-c2ccc(-c3ccc(C4(C(=O)O)CC4)cc3)cc2)nc2ncccn12)c1ccccc1. The smallest absolute Gasteiger partial charge is 0.413 e. The van der Waals surface area contributed by atoms with E-state index in [-0.39, 0.29) is 0 Å². The number of hydrogen-bond donors (Lipinski definition) is 2. The zero-order valence-corrected chi connectivity index (χ0v) is 21.2. The molecule has 1 amide bonds. The van der Waals surface area contributed by atoms with Crippen LogP contribution < -0.4 is 5.32 Å². The first kappa shape index (κ1) is 24.4. The lowest BCUT2D eigenvalue weighted by atomic mass is 9.93. The maximum absolute atomic E-state index is 12.9. The number of aromatic nitrogens is 3. The van der Waals surface area contributed by atoms with Crippen molar-refractivity contribution >= 4 is 23.7 Å². The number of anilines is 1. The van der Waals surface area contributed by atoms with Gasteiger partial charge in [-0.25, -0.2) is 14.8 Å². The highest BCUT2D eigenvalue weighted by Gasteiger charge is 2.51. The molecule has 0 saturated heterocycles. The van der Waals surface area contributed by atoms with Crippen LogP contribution in [0.2, 0.25) is 0 Å². The van der Waals surface area contributed by atoms with E-state index >= 15 is 0 Å². The van der Waals surface area contributed by atoms with Crippen LogP contribution in [0.3, 0.4) is 0 Å². The summed E-state index contributed by atoms with van der Waals surface area (Å²) in [6.45, 7) is 1.82. The largest absolute Gasteiger partial charge is 0.481 e. The number of carboxylic acids is 1. The van der Waals surface area contributed by atoms with Gasteiger partial charge in [0.25, 0.3) is 0 Å². The molecular weight excluding hydrogens is 492 g/mol. The molecule has 0 bridgehead atoms. The molecule has 0 aliphatic heterocycles. The Morgan fingerprint density at radius 1 is 0.923 bits per heavy atom. The summed E-state index contributed by atoms with van der Waals surface area (Å²) in [6.07, 6.45) is 3.77. The van der Waals surface area contributed by atoms with Crippen molar-refractivity contribution in [3.05, 3.63) is 108 Å². The Balaban J connectivity index is 1.25. The number of carbonyl (C=O) groups is 2. The number of nitrogens with one attached hydrogen (secondary N) is 1. The summed E-state index contributed by atoms with van der Waals surface area (Å²) < 4.78 is 7.35. The van der Waals surface area contributed by atoms with Crippen LogP contribution in [0.15, 0.2) is 97.3 Å². The van der Waals surface area contributed by atoms with Crippen molar-refractivity contribution in [2.24, 2.45) is 0 Å². The average molecular weight is 519 g/mol. The van der Waals surface area contributed by atoms with E-state index in [1.165, 1.54) is 0 Å². The molecule has 39 heavy (non-hydrogen) atoms. The number of hydrogen-bond acceptors (Lipinski definition) is 5. The second-order valence-electron chi connectivity index (χ2n) is 9.72. The lowest BCUT2D eigenvalue weighted by Gasteiger charge is -2.15. The van der Waals surface area contributed by atoms with E-state index in [4.69, 9.17) is 4.74 Å². The van der Waals surface area contributed by atoms with Crippen molar-refractivity contribution in [2.45, 2.75) is 31.3 Å². The molecule has 1 fully saturated rings. The maximum Gasteiger partial charge on any atom is 0.413 e. The molecular formula is C31H26N4O4. The summed E-state index contributed by atoms with van der Waals surface area (Å²) in [7, 11) is 0.